The van der Waals surface area contributed by atoms with Crippen molar-refractivity contribution in [2.24, 2.45) is 11.0 Å². The molecule has 0 radical (unpaired) electrons. The summed E-state index contributed by atoms with van der Waals surface area (Å²) < 4.78 is 6.52. The minimum absolute atomic E-state index is 0.125. The number of nitrogens with zero attached hydrogens (tertiary/aromatic N) is 1. The Morgan fingerprint density at radius 3 is 2.52 bits per heavy atom. The lowest BCUT2D eigenvalue weighted by molar-refractivity contribution is -0.123. The first-order chi connectivity index (χ1) is 14.8. The maximum Gasteiger partial charge on any atom is 0.262 e. The number of hydrazone groups is 1. The van der Waals surface area contributed by atoms with Crippen molar-refractivity contribution in [2.75, 3.05) is 6.61 Å². The monoisotopic (exact) mass is 507 g/mol. The van der Waals surface area contributed by atoms with Crippen LogP contribution in [0.25, 0.3) is 0 Å². The van der Waals surface area contributed by atoms with Crippen molar-refractivity contribution in [1.29, 1.82) is 0 Å². The van der Waals surface area contributed by atoms with Gasteiger partial charge in [0, 0.05) is 10.6 Å². The third kappa shape index (κ3) is 7.99. The van der Waals surface area contributed by atoms with Crippen molar-refractivity contribution in [3.8, 4) is 5.75 Å². The van der Waals surface area contributed by atoms with Gasteiger partial charge in [-0.25, -0.2) is 5.43 Å². The molecule has 2 aromatic rings. The van der Waals surface area contributed by atoms with Crippen molar-refractivity contribution in [1.82, 2.24) is 10.7 Å². The average molecular weight is 509 g/mol. The fourth-order valence-electron chi connectivity index (χ4n) is 2.64. The first-order valence-electron chi connectivity index (χ1n) is 10.1. The number of carbonyl (C=O) groups excluding carboxylic acids is 2. The lowest BCUT2D eigenvalue weighted by Crippen LogP contribution is -2.48. The highest BCUT2D eigenvalue weighted by molar-refractivity contribution is 9.10. The van der Waals surface area contributed by atoms with Crippen LogP contribution in [0.2, 0.25) is 5.02 Å². The minimum atomic E-state index is -0.735. The Morgan fingerprint density at radius 2 is 1.90 bits per heavy atom. The second-order valence-corrected chi connectivity index (χ2v) is 8.62. The van der Waals surface area contributed by atoms with Gasteiger partial charge in [-0.1, -0.05) is 38.8 Å². The molecule has 2 rings (SSSR count). The molecule has 0 aliphatic rings. The smallest absolute Gasteiger partial charge is 0.262 e. The standard InChI is InChI=1S/C23H27BrClN3O3/c1-4-5-12-31-20-11-6-16(13-19(20)24)14-26-28-23(30)21(15(2)3)27-22(29)17-7-9-18(25)10-8-17/h6-11,13-15,21H,4-5,12H2,1-3H3,(H,27,29)(H,28,30). The van der Waals surface area contributed by atoms with Gasteiger partial charge in [0.15, 0.2) is 0 Å². The van der Waals surface area contributed by atoms with Gasteiger partial charge in [0.05, 0.1) is 17.3 Å². The molecule has 31 heavy (non-hydrogen) atoms. The molecule has 0 heterocycles. The largest absolute Gasteiger partial charge is 0.492 e. The predicted octanol–water partition coefficient (Wildman–Crippen LogP) is 5.19. The Bertz CT molecular complexity index is 917. The zero-order valence-corrected chi connectivity index (χ0v) is 20.2. The summed E-state index contributed by atoms with van der Waals surface area (Å²) in [5.41, 5.74) is 3.72. The van der Waals surface area contributed by atoms with E-state index in [-0.39, 0.29) is 11.8 Å². The number of rotatable bonds is 10. The molecule has 2 amide bonds. The van der Waals surface area contributed by atoms with Gasteiger partial charge < -0.3 is 10.1 Å². The first kappa shape index (κ1) is 24.9. The van der Waals surface area contributed by atoms with Crippen LogP contribution in [0.1, 0.15) is 49.5 Å². The Kier molecular flexibility index (Phi) is 10.0. The maximum absolute atomic E-state index is 12.6. The Balaban J connectivity index is 1.96. The summed E-state index contributed by atoms with van der Waals surface area (Å²) in [5, 5.41) is 7.32. The van der Waals surface area contributed by atoms with Gasteiger partial charge in [0.1, 0.15) is 11.8 Å². The van der Waals surface area contributed by atoms with E-state index in [1.54, 1.807) is 24.3 Å². The van der Waals surface area contributed by atoms with E-state index in [9.17, 15) is 9.59 Å². The summed E-state index contributed by atoms with van der Waals surface area (Å²) in [6, 6.07) is 11.3. The zero-order chi connectivity index (χ0) is 22.8. The molecule has 8 heteroatoms. The van der Waals surface area contributed by atoms with E-state index < -0.39 is 11.9 Å². The van der Waals surface area contributed by atoms with Gasteiger partial charge in [-0.05, 0) is 76.3 Å². The molecular formula is C23H27BrClN3O3. The number of carbonyl (C=O) groups is 2. The van der Waals surface area contributed by atoms with Gasteiger partial charge in [0.25, 0.3) is 11.8 Å². The number of amides is 2. The van der Waals surface area contributed by atoms with Crippen molar-refractivity contribution in [3.05, 3.63) is 63.1 Å². The van der Waals surface area contributed by atoms with Gasteiger partial charge in [-0.2, -0.15) is 5.10 Å². The first-order valence-corrected chi connectivity index (χ1v) is 11.3. The number of benzene rings is 2. The van der Waals surface area contributed by atoms with Crippen LogP contribution in [0, 0.1) is 5.92 Å². The van der Waals surface area contributed by atoms with Gasteiger partial charge in [0.2, 0.25) is 0 Å². The van der Waals surface area contributed by atoms with Crippen LogP contribution in [0.3, 0.4) is 0 Å². The second-order valence-electron chi connectivity index (χ2n) is 7.33. The molecule has 0 bridgehead atoms. The van der Waals surface area contributed by atoms with Crippen LogP contribution in [0.15, 0.2) is 52.0 Å². The fraction of sp³-hybridized carbons (Fsp3) is 0.348. The molecule has 0 fully saturated rings. The maximum atomic E-state index is 12.6. The summed E-state index contributed by atoms with van der Waals surface area (Å²) >= 11 is 9.34. The topological polar surface area (TPSA) is 79.8 Å². The SMILES string of the molecule is CCCCOc1ccc(C=NNC(=O)C(NC(=O)c2ccc(Cl)cc2)C(C)C)cc1Br. The number of nitrogens with one attached hydrogen (secondary N) is 2. The van der Waals surface area contributed by atoms with E-state index in [4.69, 9.17) is 16.3 Å². The van der Waals surface area contributed by atoms with Crippen LogP contribution >= 0.6 is 27.5 Å². The number of ether oxygens (including phenoxy) is 1. The van der Waals surface area contributed by atoms with Crippen molar-refractivity contribution < 1.29 is 14.3 Å². The molecule has 1 atom stereocenters. The molecule has 0 aliphatic carbocycles. The third-order valence-corrected chi connectivity index (χ3v) is 5.31. The van der Waals surface area contributed by atoms with Crippen LogP contribution in [-0.4, -0.2) is 30.7 Å². The van der Waals surface area contributed by atoms with E-state index in [2.05, 4.69) is 38.7 Å². The molecule has 2 N–H and O–H groups in total. The molecule has 1 unspecified atom stereocenters. The van der Waals surface area contributed by atoms with Crippen LogP contribution < -0.4 is 15.5 Å². The normalized spacial score (nSPS) is 12.1. The van der Waals surface area contributed by atoms with E-state index in [1.165, 1.54) is 6.21 Å². The lowest BCUT2D eigenvalue weighted by atomic mass is 10.0. The zero-order valence-electron chi connectivity index (χ0n) is 17.8. The summed E-state index contributed by atoms with van der Waals surface area (Å²) in [6.07, 6.45) is 3.60. The number of unbranched alkanes of at least 4 members (excludes halogenated alkanes) is 1. The highest BCUT2D eigenvalue weighted by atomic mass is 79.9. The molecule has 0 aromatic heterocycles. The molecule has 0 saturated carbocycles. The number of halogens is 2. The van der Waals surface area contributed by atoms with Crippen LogP contribution in [0.5, 0.6) is 5.75 Å². The molecule has 0 saturated heterocycles. The van der Waals surface area contributed by atoms with Crippen LogP contribution in [0.4, 0.5) is 0 Å². The highest BCUT2D eigenvalue weighted by Gasteiger charge is 2.24. The van der Waals surface area contributed by atoms with Gasteiger partial charge >= 0.3 is 0 Å². The Hall–Kier alpha value is -2.38. The third-order valence-electron chi connectivity index (χ3n) is 4.44. The van der Waals surface area contributed by atoms with Crippen molar-refractivity contribution >= 4 is 45.6 Å². The molecular weight excluding hydrogens is 482 g/mol. The van der Waals surface area contributed by atoms with E-state index in [0.717, 1.165) is 28.6 Å². The highest BCUT2D eigenvalue weighted by Crippen LogP contribution is 2.25. The average Bonchev–Trinajstić information content (AvgIpc) is 2.73. The van der Waals surface area contributed by atoms with E-state index >= 15 is 0 Å². The summed E-state index contributed by atoms with van der Waals surface area (Å²) in [7, 11) is 0. The Morgan fingerprint density at radius 1 is 1.19 bits per heavy atom. The second kappa shape index (κ2) is 12.5. The molecule has 0 aliphatic heterocycles. The summed E-state index contributed by atoms with van der Waals surface area (Å²) in [5.74, 6) is -0.108. The van der Waals surface area contributed by atoms with E-state index in [0.29, 0.717) is 17.2 Å². The van der Waals surface area contributed by atoms with Gasteiger partial charge in [-0.15, -0.1) is 0 Å². The number of hydrogen-bond acceptors (Lipinski definition) is 4. The quantitative estimate of drug-likeness (QED) is 0.263. The molecule has 166 valence electrons. The summed E-state index contributed by atoms with van der Waals surface area (Å²) in [4.78, 5) is 25.0. The van der Waals surface area contributed by atoms with Crippen LogP contribution in [-0.2, 0) is 4.79 Å². The molecule has 6 nitrogen and oxygen atoms in total. The minimum Gasteiger partial charge on any atom is -0.492 e. The predicted molar refractivity (Wildman–Crippen MR) is 128 cm³/mol. The molecule has 0 spiro atoms. The lowest BCUT2D eigenvalue weighted by Gasteiger charge is -2.20. The fourth-order valence-corrected chi connectivity index (χ4v) is 3.28. The molecule has 2 aromatic carbocycles. The Labute approximate surface area is 196 Å². The summed E-state index contributed by atoms with van der Waals surface area (Å²) in [6.45, 7) is 6.48. The number of hydrogen-bond donors (Lipinski definition) is 2. The van der Waals surface area contributed by atoms with Gasteiger partial charge in [-0.3, -0.25) is 9.59 Å². The van der Waals surface area contributed by atoms with Crippen molar-refractivity contribution in [2.45, 2.75) is 39.7 Å². The van der Waals surface area contributed by atoms with E-state index in [1.807, 2.05) is 32.0 Å². The van der Waals surface area contributed by atoms with Crippen molar-refractivity contribution in [3.63, 3.8) is 0 Å².